The summed E-state index contributed by atoms with van der Waals surface area (Å²) in [4.78, 5) is 10.6. The predicted octanol–water partition coefficient (Wildman–Crippen LogP) is 0.898. The summed E-state index contributed by atoms with van der Waals surface area (Å²) in [6.07, 6.45) is 2.79. The summed E-state index contributed by atoms with van der Waals surface area (Å²) in [5, 5.41) is 10.1. The van der Waals surface area contributed by atoms with Crippen molar-refractivity contribution in [3.05, 3.63) is 0 Å². The lowest BCUT2D eigenvalue weighted by molar-refractivity contribution is -0.115. The molecule has 3 N–H and O–H groups in total. The van der Waals surface area contributed by atoms with Crippen LogP contribution in [0.3, 0.4) is 0 Å². The van der Waals surface area contributed by atoms with Gasteiger partial charge in [0.05, 0.1) is 11.4 Å². The van der Waals surface area contributed by atoms with Gasteiger partial charge in [-0.1, -0.05) is 0 Å². The van der Waals surface area contributed by atoms with E-state index in [1.165, 1.54) is 11.8 Å². The van der Waals surface area contributed by atoms with E-state index in [9.17, 15) is 9.90 Å². The van der Waals surface area contributed by atoms with Crippen LogP contribution in [0.1, 0.15) is 33.1 Å². The molecule has 0 saturated heterocycles. The minimum absolute atomic E-state index is 0.206. The van der Waals surface area contributed by atoms with Gasteiger partial charge in [0.1, 0.15) is 0 Å². The van der Waals surface area contributed by atoms with Crippen LogP contribution in [0.4, 0.5) is 0 Å². The van der Waals surface area contributed by atoms with Gasteiger partial charge in [-0.3, -0.25) is 4.79 Å². The number of amides is 1. The average Bonchev–Trinajstić information content (AvgIpc) is 2.24. The van der Waals surface area contributed by atoms with Crippen molar-refractivity contribution in [3.63, 3.8) is 0 Å². The highest BCUT2D eigenvalue weighted by Gasteiger charge is 2.47. The molecule has 0 spiro atoms. The molecule has 0 aromatic rings. The highest BCUT2D eigenvalue weighted by atomic mass is 32.2. The van der Waals surface area contributed by atoms with Crippen molar-refractivity contribution in [2.24, 2.45) is 5.73 Å². The molecule has 0 aromatic carbocycles. The Bertz CT molecular complexity index is 218. The van der Waals surface area contributed by atoms with E-state index in [4.69, 9.17) is 5.73 Å². The van der Waals surface area contributed by atoms with Crippen LogP contribution in [-0.2, 0) is 4.79 Å². The second-order valence-electron chi connectivity index (χ2n) is 4.11. The molecule has 4 heteroatoms. The van der Waals surface area contributed by atoms with Crippen molar-refractivity contribution < 1.29 is 9.90 Å². The Hall–Kier alpha value is -0.220. The van der Waals surface area contributed by atoms with Gasteiger partial charge >= 0.3 is 0 Å². The van der Waals surface area contributed by atoms with Gasteiger partial charge in [0.2, 0.25) is 5.91 Å². The number of primary amides is 1. The first kappa shape index (κ1) is 10.9. The van der Waals surface area contributed by atoms with Gasteiger partial charge in [0.25, 0.3) is 0 Å². The van der Waals surface area contributed by atoms with Crippen molar-refractivity contribution in [2.45, 2.75) is 43.5 Å². The predicted molar refractivity (Wildman–Crippen MR) is 54.5 cm³/mol. The van der Waals surface area contributed by atoms with E-state index in [1.807, 2.05) is 13.8 Å². The topological polar surface area (TPSA) is 63.3 Å². The lowest BCUT2D eigenvalue weighted by atomic mass is 9.94. The van der Waals surface area contributed by atoms with Crippen LogP contribution in [0.2, 0.25) is 0 Å². The number of carbonyl (C=O) groups excluding carboxylic acids is 1. The fourth-order valence-electron chi connectivity index (χ4n) is 1.76. The van der Waals surface area contributed by atoms with Crippen molar-refractivity contribution in [1.82, 2.24) is 0 Å². The smallest absolute Gasteiger partial charge is 0.227 e. The summed E-state index contributed by atoms with van der Waals surface area (Å²) in [5.74, 6) is -0.0129. The van der Waals surface area contributed by atoms with Crippen LogP contribution in [0.15, 0.2) is 0 Å². The van der Waals surface area contributed by atoms with Gasteiger partial charge in [0.15, 0.2) is 0 Å². The molecule has 3 nitrogen and oxygen atoms in total. The van der Waals surface area contributed by atoms with Gasteiger partial charge < -0.3 is 10.8 Å². The summed E-state index contributed by atoms with van der Waals surface area (Å²) in [6, 6.07) is 0. The Morgan fingerprint density at radius 3 is 2.54 bits per heavy atom. The van der Waals surface area contributed by atoms with Gasteiger partial charge in [0, 0.05) is 4.75 Å². The molecule has 0 aromatic heterocycles. The standard InChI is InChI=1S/C9H17NO2S/c1-8(12)4-3-5-9(8,2)13-6-7(10)11/h12H,3-6H2,1-2H3,(H2,10,11). The maximum absolute atomic E-state index is 10.6. The Morgan fingerprint density at radius 2 is 2.15 bits per heavy atom. The second kappa shape index (κ2) is 3.50. The maximum Gasteiger partial charge on any atom is 0.227 e. The van der Waals surface area contributed by atoms with Gasteiger partial charge in [-0.2, -0.15) is 0 Å². The van der Waals surface area contributed by atoms with E-state index in [-0.39, 0.29) is 10.7 Å². The van der Waals surface area contributed by atoms with Crippen molar-refractivity contribution in [3.8, 4) is 0 Å². The number of carbonyl (C=O) groups is 1. The number of hydrogen-bond acceptors (Lipinski definition) is 3. The van der Waals surface area contributed by atoms with E-state index in [0.29, 0.717) is 5.75 Å². The zero-order valence-corrected chi connectivity index (χ0v) is 8.99. The Morgan fingerprint density at radius 1 is 1.54 bits per heavy atom. The molecule has 0 bridgehead atoms. The average molecular weight is 203 g/mol. The largest absolute Gasteiger partial charge is 0.389 e. The summed E-state index contributed by atoms with van der Waals surface area (Å²) < 4.78 is -0.206. The van der Waals surface area contributed by atoms with Crippen LogP contribution < -0.4 is 5.73 Å². The highest BCUT2D eigenvalue weighted by Crippen LogP contribution is 2.47. The highest BCUT2D eigenvalue weighted by molar-refractivity contribution is 8.01. The van der Waals surface area contributed by atoms with Crippen molar-refractivity contribution in [1.29, 1.82) is 0 Å². The van der Waals surface area contributed by atoms with E-state index in [2.05, 4.69) is 0 Å². The molecule has 0 heterocycles. The molecular weight excluding hydrogens is 186 g/mol. The number of rotatable bonds is 3. The molecule has 2 unspecified atom stereocenters. The molecule has 76 valence electrons. The van der Waals surface area contributed by atoms with Gasteiger partial charge in [-0.25, -0.2) is 0 Å². The number of hydrogen-bond donors (Lipinski definition) is 2. The third-order valence-corrected chi connectivity index (χ3v) is 4.70. The zero-order chi connectivity index (χ0) is 10.1. The van der Waals surface area contributed by atoms with Crippen LogP contribution >= 0.6 is 11.8 Å². The summed E-state index contributed by atoms with van der Waals surface area (Å²) in [7, 11) is 0. The summed E-state index contributed by atoms with van der Waals surface area (Å²) in [5.41, 5.74) is 4.42. The molecule has 1 amide bonds. The molecule has 13 heavy (non-hydrogen) atoms. The third-order valence-electron chi connectivity index (χ3n) is 2.99. The van der Waals surface area contributed by atoms with Crippen LogP contribution in [0, 0.1) is 0 Å². The molecular formula is C9H17NO2S. The molecule has 1 aliphatic carbocycles. The van der Waals surface area contributed by atoms with Gasteiger partial charge in [-0.15, -0.1) is 11.8 Å². The minimum Gasteiger partial charge on any atom is -0.389 e. The quantitative estimate of drug-likeness (QED) is 0.716. The van der Waals surface area contributed by atoms with Crippen LogP contribution in [0.25, 0.3) is 0 Å². The third kappa shape index (κ3) is 2.17. The van der Waals surface area contributed by atoms with E-state index >= 15 is 0 Å². The van der Waals surface area contributed by atoms with E-state index in [0.717, 1.165) is 19.3 Å². The lowest BCUT2D eigenvalue weighted by Gasteiger charge is -2.35. The van der Waals surface area contributed by atoms with Crippen molar-refractivity contribution in [2.75, 3.05) is 5.75 Å². The number of aliphatic hydroxyl groups is 1. The van der Waals surface area contributed by atoms with Gasteiger partial charge in [-0.05, 0) is 33.1 Å². The first-order chi connectivity index (χ1) is 5.87. The lowest BCUT2D eigenvalue weighted by Crippen LogP contribution is -2.43. The zero-order valence-electron chi connectivity index (χ0n) is 8.17. The summed E-state index contributed by atoms with van der Waals surface area (Å²) in [6.45, 7) is 3.85. The number of thioether (sulfide) groups is 1. The minimum atomic E-state index is -0.660. The fraction of sp³-hybridized carbons (Fsp3) is 0.889. The molecule has 2 atom stereocenters. The molecule has 1 fully saturated rings. The monoisotopic (exact) mass is 203 g/mol. The SMILES string of the molecule is CC1(O)CCCC1(C)SCC(N)=O. The van der Waals surface area contributed by atoms with E-state index < -0.39 is 5.60 Å². The molecule has 0 aliphatic heterocycles. The van der Waals surface area contributed by atoms with Crippen LogP contribution in [-0.4, -0.2) is 27.1 Å². The normalized spacial score (nSPS) is 39.3. The molecule has 1 rings (SSSR count). The fourth-order valence-corrected chi connectivity index (χ4v) is 2.92. The summed E-state index contributed by atoms with van der Waals surface area (Å²) >= 11 is 1.48. The number of nitrogens with two attached hydrogens (primary N) is 1. The first-order valence-corrected chi connectivity index (χ1v) is 5.51. The molecule has 0 radical (unpaired) electrons. The molecule has 1 aliphatic rings. The first-order valence-electron chi connectivity index (χ1n) is 4.52. The van der Waals surface area contributed by atoms with Crippen molar-refractivity contribution >= 4 is 17.7 Å². The molecule has 1 saturated carbocycles. The Kier molecular flexibility index (Phi) is 2.92. The maximum atomic E-state index is 10.6. The second-order valence-corrected chi connectivity index (χ2v) is 5.59. The Balaban J connectivity index is 2.59. The van der Waals surface area contributed by atoms with E-state index in [1.54, 1.807) is 0 Å². The van der Waals surface area contributed by atoms with Crippen LogP contribution in [0.5, 0.6) is 0 Å². The Labute approximate surface area is 83.1 Å².